The number of rotatable bonds is 22. The van der Waals surface area contributed by atoms with Gasteiger partial charge in [-0.15, -0.1) is 0 Å². The van der Waals surface area contributed by atoms with Crippen LogP contribution in [0.5, 0.6) is 0 Å². The normalized spacial score (nSPS) is 28.5. The number of ether oxygens (including phenoxy) is 3. The van der Waals surface area contributed by atoms with Crippen molar-refractivity contribution in [2.45, 2.75) is 192 Å². The molecule has 2 bridgehead atoms. The standard InChI is InChI=1S/C48H79N3O17P2/c1-3-5-7-8-9-10-11-12-13-14-15-16-22-26-44(55)66-38-33-63-43(54)25-21-18-17-20-23-36-27-30-40(53)39(29-28-37(52)24-19-6-4-2)45(56)46(57)41(35-65-70(61,62)68-69(59,60)64-34-38)67-47(36)51-32-31-42(49)50-48(51)58/h17,20,27-32,36-39,41,45-47,52,56-57H,3-16,18-19,21-26,33-35H2,1-2H3,(H,59,60)(H,61,62)(H2,49,50,58)/t36-,37-,38+,39-,41+,45-,46+,47+/m0/s1. The number of nitrogen functional groups attached to an aromatic ring is 1. The van der Waals surface area contributed by atoms with Crippen molar-refractivity contribution >= 4 is 39.2 Å². The number of hydrogen-bond acceptors (Lipinski definition) is 17. The first-order valence-electron chi connectivity index (χ1n) is 25.1. The van der Waals surface area contributed by atoms with Crippen LogP contribution in [-0.2, 0) is 51.1 Å². The molecular formula is C48H79N3O17P2. The molecule has 1 aromatic rings. The summed E-state index contributed by atoms with van der Waals surface area (Å²) >= 11 is 0. The molecule has 398 valence electrons. The number of aliphatic hydroxyl groups is 3. The summed E-state index contributed by atoms with van der Waals surface area (Å²) in [5.41, 5.74) is 4.83. The first kappa shape index (κ1) is 60.9. The third-order valence-electron chi connectivity index (χ3n) is 12.0. The smallest absolute Gasteiger partial charge is 0.462 e. The lowest BCUT2D eigenvalue weighted by Gasteiger charge is -2.36. The Bertz CT molecular complexity index is 1960. The molecular weight excluding hydrogens is 952 g/mol. The van der Waals surface area contributed by atoms with Crippen LogP contribution in [0.2, 0.25) is 0 Å². The van der Waals surface area contributed by atoms with E-state index in [1.807, 2.05) is 6.92 Å². The van der Waals surface area contributed by atoms with E-state index < -0.39 is 107 Å². The zero-order valence-electron chi connectivity index (χ0n) is 40.9. The van der Waals surface area contributed by atoms with Crippen LogP contribution in [0.3, 0.4) is 0 Å². The number of unbranched alkanes of at least 4 members (excludes halogenated alkanes) is 14. The molecule has 3 rings (SSSR count). The molecule has 0 fully saturated rings. The van der Waals surface area contributed by atoms with Gasteiger partial charge in [0, 0.05) is 25.0 Å². The van der Waals surface area contributed by atoms with E-state index in [1.165, 1.54) is 81.9 Å². The molecule has 22 heteroatoms. The van der Waals surface area contributed by atoms with Crippen LogP contribution in [0.15, 0.2) is 53.5 Å². The van der Waals surface area contributed by atoms with Gasteiger partial charge in [-0.1, -0.05) is 141 Å². The molecule has 0 saturated heterocycles. The second-order valence-corrected chi connectivity index (χ2v) is 21.0. The average molecular weight is 1030 g/mol. The predicted molar refractivity (Wildman–Crippen MR) is 261 cm³/mol. The minimum absolute atomic E-state index is 0.0124. The van der Waals surface area contributed by atoms with E-state index in [0.29, 0.717) is 32.1 Å². The first-order chi connectivity index (χ1) is 33.4. The molecule has 3 heterocycles. The zero-order chi connectivity index (χ0) is 51.4. The monoisotopic (exact) mass is 1030 g/mol. The maximum absolute atomic E-state index is 13.8. The predicted octanol–water partition coefficient (Wildman–Crippen LogP) is 7.62. The van der Waals surface area contributed by atoms with Gasteiger partial charge in [0.15, 0.2) is 11.9 Å². The van der Waals surface area contributed by atoms with Gasteiger partial charge in [0.2, 0.25) is 0 Å². The van der Waals surface area contributed by atoms with Crippen molar-refractivity contribution in [2.24, 2.45) is 11.8 Å². The number of esters is 2. The summed E-state index contributed by atoms with van der Waals surface area (Å²) in [4.78, 5) is 77.8. The van der Waals surface area contributed by atoms with Crippen LogP contribution in [0, 0.1) is 11.8 Å². The fourth-order valence-corrected chi connectivity index (χ4v) is 10.0. The SMILES string of the molecule is CCCCCCCCCCCCCCCC(=O)O[C@@H]1COC(=O)CCCC=CC[C@H]2C=CC(=O)[C@H](C=C[C@@H](O)CCCCC)[C@H](O)[C@H](O)[C@@H](COP(=O)(O)OP(=O)(O)OC1)O[C@H]2n1ccc(N)nc1=O. The molecule has 0 saturated carbocycles. The highest BCUT2D eigenvalue weighted by molar-refractivity contribution is 7.61. The van der Waals surface area contributed by atoms with Crippen molar-refractivity contribution < 1.29 is 76.2 Å². The highest BCUT2D eigenvalue weighted by atomic mass is 31.3. The van der Waals surface area contributed by atoms with Crippen molar-refractivity contribution in [3.8, 4) is 0 Å². The van der Waals surface area contributed by atoms with Gasteiger partial charge >= 0.3 is 33.3 Å². The van der Waals surface area contributed by atoms with Crippen LogP contribution < -0.4 is 11.4 Å². The Labute approximate surface area is 412 Å². The number of aromatic nitrogens is 2. The van der Waals surface area contributed by atoms with Gasteiger partial charge in [-0.3, -0.25) is 28.0 Å². The summed E-state index contributed by atoms with van der Waals surface area (Å²) in [7, 11) is -11.2. The van der Waals surface area contributed by atoms with E-state index in [0.717, 1.165) is 49.2 Å². The van der Waals surface area contributed by atoms with E-state index in [9.17, 15) is 53.4 Å². The molecule has 0 amide bonds. The highest BCUT2D eigenvalue weighted by Gasteiger charge is 2.42. The maximum Gasteiger partial charge on any atom is 0.481 e. The van der Waals surface area contributed by atoms with Crippen LogP contribution in [0.4, 0.5) is 5.82 Å². The van der Waals surface area contributed by atoms with Crippen molar-refractivity contribution in [2.75, 3.05) is 25.6 Å². The lowest BCUT2D eigenvalue weighted by atomic mass is 9.88. The Morgan fingerprint density at radius 2 is 1.49 bits per heavy atom. The molecule has 0 radical (unpaired) electrons. The first-order valence-corrected chi connectivity index (χ1v) is 28.0. The number of ketones is 1. The van der Waals surface area contributed by atoms with Gasteiger partial charge in [-0.05, 0) is 44.2 Å². The topological polar surface area (TPSA) is 303 Å². The van der Waals surface area contributed by atoms with Gasteiger partial charge in [-0.25, -0.2) is 13.9 Å². The summed E-state index contributed by atoms with van der Waals surface area (Å²) in [6.07, 6.45) is 17.6. The highest BCUT2D eigenvalue weighted by Crippen LogP contribution is 2.60. The Balaban J connectivity index is 1.83. The summed E-state index contributed by atoms with van der Waals surface area (Å²) in [6.45, 7) is 1.55. The Morgan fingerprint density at radius 3 is 2.13 bits per heavy atom. The summed E-state index contributed by atoms with van der Waals surface area (Å²) in [5.74, 6) is -4.67. The maximum atomic E-state index is 13.8. The van der Waals surface area contributed by atoms with Gasteiger partial charge < -0.3 is 45.1 Å². The fourth-order valence-electron chi connectivity index (χ4n) is 7.93. The number of anilines is 1. The number of nitrogens with zero attached hydrogens (tertiary/aromatic N) is 2. The van der Waals surface area contributed by atoms with Crippen LogP contribution >= 0.6 is 15.6 Å². The third kappa shape index (κ3) is 24.4. The lowest BCUT2D eigenvalue weighted by Crippen LogP contribution is -2.49. The van der Waals surface area contributed by atoms with E-state index in [1.54, 1.807) is 12.2 Å². The number of aliphatic hydroxyl groups excluding tert-OH is 3. The number of hydrogen-bond donors (Lipinski definition) is 6. The minimum Gasteiger partial charge on any atom is -0.462 e. The molecule has 10 atom stereocenters. The number of carbonyl (C=O) groups is 3. The molecule has 0 spiro atoms. The second-order valence-electron chi connectivity index (χ2n) is 18.0. The van der Waals surface area contributed by atoms with Gasteiger partial charge in [-0.2, -0.15) is 9.29 Å². The quantitative estimate of drug-likeness (QED) is 0.0282. The largest absolute Gasteiger partial charge is 0.481 e. The second kappa shape index (κ2) is 33.4. The number of phosphoric ester groups is 2. The third-order valence-corrected chi connectivity index (χ3v) is 14.6. The van der Waals surface area contributed by atoms with Crippen molar-refractivity contribution in [1.29, 1.82) is 0 Å². The fraction of sp³-hybridized carbons (Fsp3) is 0.729. The number of cyclic esters (lactones) is 1. The zero-order valence-corrected chi connectivity index (χ0v) is 42.7. The minimum atomic E-state index is -5.67. The van der Waals surface area contributed by atoms with Crippen LogP contribution in [0.1, 0.15) is 161 Å². The Hall–Kier alpha value is -3.39. The molecule has 7 N–H and O–H groups in total. The van der Waals surface area contributed by atoms with Gasteiger partial charge in [0.25, 0.3) is 0 Å². The van der Waals surface area contributed by atoms with E-state index in [2.05, 4.69) is 16.2 Å². The lowest BCUT2D eigenvalue weighted by molar-refractivity contribution is -0.167. The molecule has 2 aliphatic rings. The van der Waals surface area contributed by atoms with Crippen LogP contribution in [0.25, 0.3) is 0 Å². The van der Waals surface area contributed by atoms with Crippen molar-refractivity contribution in [1.82, 2.24) is 9.55 Å². The molecule has 0 aliphatic carbocycles. The molecule has 0 aromatic carbocycles. The van der Waals surface area contributed by atoms with Crippen molar-refractivity contribution in [3.63, 3.8) is 0 Å². The van der Waals surface area contributed by atoms with Crippen LogP contribution in [-0.4, -0.2) is 103 Å². The number of nitrogens with two attached hydrogens (primary N) is 1. The number of carbonyl (C=O) groups excluding carboxylic acids is 3. The average Bonchev–Trinajstić information content (AvgIpc) is 3.30. The molecule has 20 nitrogen and oxygen atoms in total. The van der Waals surface area contributed by atoms with Gasteiger partial charge in [0.1, 0.15) is 30.9 Å². The Kier molecular flexibility index (Phi) is 29.0. The van der Waals surface area contributed by atoms with E-state index in [4.69, 9.17) is 29.0 Å². The summed E-state index contributed by atoms with van der Waals surface area (Å²) in [6, 6.07) is 1.28. The number of phosphoric acid groups is 2. The van der Waals surface area contributed by atoms with Crippen molar-refractivity contribution in [3.05, 3.63) is 59.2 Å². The summed E-state index contributed by atoms with van der Waals surface area (Å²) < 4.78 is 59.0. The van der Waals surface area contributed by atoms with E-state index >= 15 is 0 Å². The van der Waals surface area contributed by atoms with Gasteiger partial charge in [0.05, 0.1) is 31.3 Å². The number of fused-ring (bicyclic) bond motifs is 3. The molecule has 2 unspecified atom stereocenters. The molecule has 1 aromatic heterocycles. The molecule has 70 heavy (non-hydrogen) atoms. The summed E-state index contributed by atoms with van der Waals surface area (Å²) in [5, 5.41) is 33.8. The Morgan fingerprint density at radius 1 is 0.871 bits per heavy atom. The molecule has 2 aliphatic heterocycles. The van der Waals surface area contributed by atoms with E-state index in [-0.39, 0.29) is 25.1 Å². The number of allylic oxidation sites excluding steroid dienone is 3.